The van der Waals surface area contributed by atoms with Crippen LogP contribution in [0.5, 0.6) is 0 Å². The zero-order valence-electron chi connectivity index (χ0n) is 21.2. The Morgan fingerprint density at radius 1 is 0.765 bits per heavy atom. The first-order chi connectivity index (χ1) is 16.2. The van der Waals surface area contributed by atoms with Gasteiger partial charge in [-0.2, -0.15) is 8.42 Å². The molecule has 34 heavy (non-hydrogen) atoms. The van der Waals surface area contributed by atoms with Gasteiger partial charge in [0.25, 0.3) is 10.1 Å². The van der Waals surface area contributed by atoms with E-state index < -0.39 is 45.9 Å². The van der Waals surface area contributed by atoms with Crippen LogP contribution in [0, 0.1) is 0 Å². The van der Waals surface area contributed by atoms with Crippen LogP contribution in [0.2, 0.25) is 0 Å². The Kier molecular flexibility index (Phi) is 18.7. The van der Waals surface area contributed by atoms with Gasteiger partial charge in [-0.05, 0) is 25.7 Å². The number of ether oxygens (including phenoxy) is 2. The predicted octanol–water partition coefficient (Wildman–Crippen LogP) is 6.33. The fourth-order valence-electron chi connectivity index (χ4n) is 3.61. The van der Waals surface area contributed by atoms with Crippen molar-refractivity contribution < 1.29 is 32.0 Å². The Morgan fingerprint density at radius 3 is 1.59 bits per heavy atom. The van der Waals surface area contributed by atoms with Gasteiger partial charge in [-0.25, -0.2) is 0 Å². The molecule has 0 saturated heterocycles. The lowest BCUT2D eigenvalue weighted by Crippen LogP contribution is -2.36. The molecular weight excluding hydrogens is 456 g/mol. The smallest absolute Gasteiger partial charge is 0.328 e. The van der Waals surface area contributed by atoms with E-state index in [2.05, 4.69) is 27.0 Å². The highest BCUT2D eigenvalue weighted by Gasteiger charge is 2.37. The van der Waals surface area contributed by atoms with Crippen LogP contribution in [0.15, 0.2) is 25.3 Å². The summed E-state index contributed by atoms with van der Waals surface area (Å²) in [6, 6.07) is 0. The van der Waals surface area contributed by atoms with Crippen molar-refractivity contribution >= 4 is 22.1 Å². The number of rotatable bonds is 22. The molecule has 8 heteroatoms. The Morgan fingerprint density at radius 2 is 1.18 bits per heavy atom. The summed E-state index contributed by atoms with van der Waals surface area (Å²) >= 11 is 0. The molecule has 0 aliphatic rings. The van der Waals surface area contributed by atoms with E-state index in [9.17, 15) is 22.6 Å². The maximum atomic E-state index is 12.5. The molecule has 0 aromatic rings. The molecule has 0 amide bonds. The minimum Gasteiger partial charge on any atom is -0.458 e. The van der Waals surface area contributed by atoms with Gasteiger partial charge in [0, 0.05) is 0 Å². The molecule has 0 aliphatic heterocycles. The second-order valence-corrected chi connectivity index (χ2v) is 10.4. The van der Waals surface area contributed by atoms with Gasteiger partial charge in [0.1, 0.15) is 12.2 Å². The molecule has 3 atom stereocenters. The van der Waals surface area contributed by atoms with Crippen molar-refractivity contribution in [3.63, 3.8) is 0 Å². The number of unbranched alkanes of at least 4 members (excludes halogenated alkanes) is 10. The van der Waals surface area contributed by atoms with Gasteiger partial charge in [0.05, 0.1) is 6.42 Å². The Bertz CT molecular complexity index is 687. The molecule has 0 spiro atoms. The Balaban J connectivity index is 4.71. The van der Waals surface area contributed by atoms with Gasteiger partial charge in [-0.15, -0.1) is 0 Å². The average Bonchev–Trinajstić information content (AvgIpc) is 2.79. The summed E-state index contributed by atoms with van der Waals surface area (Å²) in [5, 5.41) is -2.04. The Hall–Kier alpha value is -1.67. The zero-order valence-corrected chi connectivity index (χ0v) is 22.0. The highest BCUT2D eigenvalue weighted by Crippen LogP contribution is 2.17. The molecule has 0 aromatic carbocycles. The summed E-state index contributed by atoms with van der Waals surface area (Å²) in [6.07, 6.45) is 14.7. The zero-order chi connectivity index (χ0) is 25.8. The number of hydrogen-bond donors (Lipinski definition) is 1. The molecule has 3 unspecified atom stereocenters. The largest absolute Gasteiger partial charge is 0.458 e. The normalized spacial score (nSPS) is 14.1. The van der Waals surface area contributed by atoms with Gasteiger partial charge in [-0.1, -0.05) is 103 Å². The minimum atomic E-state index is -4.86. The van der Waals surface area contributed by atoms with E-state index in [1.807, 2.05) is 0 Å². The predicted molar refractivity (Wildman–Crippen MR) is 136 cm³/mol. The molecule has 1 N–H and O–H groups in total. The van der Waals surface area contributed by atoms with Crippen LogP contribution in [0.3, 0.4) is 0 Å². The van der Waals surface area contributed by atoms with Crippen LogP contribution in [0.25, 0.3) is 0 Å². The summed E-state index contributed by atoms with van der Waals surface area (Å²) in [5.74, 6) is -2.08. The molecule has 0 radical (unpaired) electrons. The van der Waals surface area contributed by atoms with Gasteiger partial charge in [0.15, 0.2) is 5.25 Å². The first-order valence-corrected chi connectivity index (χ1v) is 14.3. The van der Waals surface area contributed by atoms with Crippen molar-refractivity contribution in [3.8, 4) is 0 Å². The van der Waals surface area contributed by atoms with Gasteiger partial charge in [-0.3, -0.25) is 14.1 Å². The van der Waals surface area contributed by atoms with Crippen LogP contribution in [0.1, 0.15) is 110 Å². The van der Waals surface area contributed by atoms with E-state index in [-0.39, 0.29) is 0 Å². The van der Waals surface area contributed by atoms with Crippen molar-refractivity contribution in [2.24, 2.45) is 0 Å². The van der Waals surface area contributed by atoms with E-state index in [0.29, 0.717) is 12.8 Å². The molecule has 0 saturated carbocycles. The second-order valence-electron chi connectivity index (χ2n) is 8.80. The first kappa shape index (κ1) is 32.3. The summed E-state index contributed by atoms with van der Waals surface area (Å²) in [7, 11) is -4.86. The average molecular weight is 503 g/mol. The highest BCUT2D eigenvalue weighted by molar-refractivity contribution is 7.87. The maximum Gasteiger partial charge on any atom is 0.328 e. The molecule has 0 aromatic heterocycles. The van der Waals surface area contributed by atoms with E-state index >= 15 is 0 Å². The number of carbonyl (C=O) groups excluding carboxylic acids is 2. The van der Waals surface area contributed by atoms with Crippen molar-refractivity contribution in [1.29, 1.82) is 0 Å². The van der Waals surface area contributed by atoms with Crippen LogP contribution < -0.4 is 0 Å². The quantitative estimate of drug-likeness (QED) is 0.0797. The molecule has 0 rings (SSSR count). The Labute approximate surface area is 207 Å². The first-order valence-electron chi connectivity index (χ1n) is 12.8. The number of hydrogen-bond acceptors (Lipinski definition) is 6. The molecule has 0 heterocycles. The third-order valence-corrected chi connectivity index (χ3v) is 6.81. The third-order valence-electron chi connectivity index (χ3n) is 5.74. The van der Waals surface area contributed by atoms with Gasteiger partial charge < -0.3 is 9.47 Å². The molecule has 0 fully saturated rings. The molecule has 0 bridgehead atoms. The summed E-state index contributed by atoms with van der Waals surface area (Å²) in [6.45, 7) is 11.6. The van der Waals surface area contributed by atoms with Crippen molar-refractivity contribution in [2.45, 2.75) is 128 Å². The lowest BCUT2D eigenvalue weighted by Gasteiger charge is -2.19. The van der Waals surface area contributed by atoms with Gasteiger partial charge in [0.2, 0.25) is 0 Å². The lowest BCUT2D eigenvalue weighted by atomic mass is 10.1. The van der Waals surface area contributed by atoms with Crippen molar-refractivity contribution in [1.82, 2.24) is 0 Å². The third kappa shape index (κ3) is 16.0. The van der Waals surface area contributed by atoms with Crippen molar-refractivity contribution in [3.05, 3.63) is 25.3 Å². The highest BCUT2D eigenvalue weighted by atomic mass is 32.2. The molecule has 198 valence electrons. The number of carbonyl (C=O) groups is 2. The van der Waals surface area contributed by atoms with E-state index in [0.717, 1.165) is 64.2 Å². The minimum absolute atomic E-state index is 0.501. The molecule has 7 nitrogen and oxygen atoms in total. The monoisotopic (exact) mass is 502 g/mol. The standard InChI is InChI=1S/C26H46O7S/c1-5-9-11-13-15-17-19-22(7-3)32-25(27)21-24(34(29,30)31)26(28)33-23(8-4)20-18-16-14-12-10-6-2/h7-8,22-24H,3-6,9-21H2,1-2H3,(H,29,30,31). The fourth-order valence-corrected chi connectivity index (χ4v) is 4.25. The van der Waals surface area contributed by atoms with Gasteiger partial charge >= 0.3 is 11.9 Å². The lowest BCUT2D eigenvalue weighted by molar-refractivity contribution is -0.153. The number of esters is 2. The summed E-state index contributed by atoms with van der Waals surface area (Å²) in [4.78, 5) is 24.8. The van der Waals surface area contributed by atoms with Crippen molar-refractivity contribution in [2.75, 3.05) is 0 Å². The topological polar surface area (TPSA) is 107 Å². The maximum absolute atomic E-state index is 12.5. The van der Waals surface area contributed by atoms with Crippen LogP contribution in [-0.2, 0) is 29.2 Å². The SMILES string of the molecule is C=CC(CCCCCCCC)OC(=O)CC(C(=O)OC(C=C)CCCCCCCC)S(=O)(=O)O. The fraction of sp³-hybridized carbons (Fsp3) is 0.769. The van der Waals surface area contributed by atoms with Crippen LogP contribution in [0.4, 0.5) is 0 Å². The van der Waals surface area contributed by atoms with E-state index in [4.69, 9.17) is 9.47 Å². The van der Waals surface area contributed by atoms with Crippen LogP contribution in [-0.4, -0.2) is 42.4 Å². The molecular formula is C26H46O7S. The summed E-state index contributed by atoms with van der Waals surface area (Å²) < 4.78 is 43.6. The molecule has 0 aliphatic carbocycles. The van der Waals surface area contributed by atoms with E-state index in [1.54, 1.807) is 0 Å². The second kappa shape index (κ2) is 19.6. The summed E-state index contributed by atoms with van der Waals surface area (Å²) in [5.41, 5.74) is 0. The van der Waals surface area contributed by atoms with Crippen LogP contribution >= 0.6 is 0 Å². The van der Waals surface area contributed by atoms with E-state index in [1.165, 1.54) is 25.0 Å².